The molecule has 4 rings (SSSR count). The van der Waals surface area contributed by atoms with Crippen LogP contribution in [0.2, 0.25) is 0 Å². The zero-order valence-corrected chi connectivity index (χ0v) is 17.0. The Labute approximate surface area is 176 Å². The van der Waals surface area contributed by atoms with Crippen LogP contribution in [0.1, 0.15) is 29.2 Å². The number of nitrogens with one attached hydrogen (secondary N) is 1. The number of carboxylic acids is 1. The molecule has 0 spiro atoms. The predicted molar refractivity (Wildman–Crippen MR) is 111 cm³/mol. The van der Waals surface area contributed by atoms with Gasteiger partial charge in [0, 0.05) is 29.7 Å². The van der Waals surface area contributed by atoms with Crippen molar-refractivity contribution in [2.24, 2.45) is 0 Å². The molecule has 0 amide bonds. The molecule has 1 aromatic heterocycles. The topological polar surface area (TPSA) is 126 Å². The lowest BCUT2D eigenvalue weighted by Gasteiger charge is -2.14. The Morgan fingerprint density at radius 3 is 2.45 bits per heavy atom. The lowest BCUT2D eigenvalue weighted by molar-refractivity contribution is 0.0694. The van der Waals surface area contributed by atoms with Gasteiger partial charge in [0.1, 0.15) is 11.4 Å². The van der Waals surface area contributed by atoms with Crippen LogP contribution in [0.5, 0.6) is 0 Å². The van der Waals surface area contributed by atoms with E-state index in [4.69, 9.17) is 5.11 Å². The first-order valence-corrected chi connectivity index (χ1v) is 11.0. The summed E-state index contributed by atoms with van der Waals surface area (Å²) in [6.45, 7) is -0.466. The van der Waals surface area contributed by atoms with Crippen molar-refractivity contribution in [1.29, 1.82) is 0 Å². The first-order valence-electron chi connectivity index (χ1n) is 9.55. The van der Waals surface area contributed by atoms with Crippen molar-refractivity contribution >= 4 is 26.9 Å². The Morgan fingerprint density at radius 1 is 1.19 bits per heavy atom. The second-order valence-electron chi connectivity index (χ2n) is 7.31. The smallest absolute Gasteiger partial charge is 0.341 e. The van der Waals surface area contributed by atoms with Gasteiger partial charge >= 0.3 is 5.97 Å². The summed E-state index contributed by atoms with van der Waals surface area (Å²) >= 11 is 0. The Balaban J connectivity index is 1.83. The molecule has 31 heavy (non-hydrogen) atoms. The number of nitrogens with zero attached hydrogens (tertiary/aromatic N) is 1. The molecule has 0 unspecified atom stereocenters. The van der Waals surface area contributed by atoms with E-state index < -0.39 is 32.8 Å². The fourth-order valence-corrected chi connectivity index (χ4v) is 4.50. The van der Waals surface area contributed by atoms with E-state index in [9.17, 15) is 27.5 Å². The normalized spacial score (nSPS) is 14.1. The molecule has 1 heterocycles. The summed E-state index contributed by atoms with van der Waals surface area (Å²) in [5, 5.41) is 18.1. The number of aliphatic hydroxyl groups is 1. The van der Waals surface area contributed by atoms with Crippen molar-refractivity contribution in [3.63, 3.8) is 0 Å². The van der Waals surface area contributed by atoms with Crippen molar-refractivity contribution in [2.75, 3.05) is 13.2 Å². The van der Waals surface area contributed by atoms with E-state index in [1.54, 1.807) is 4.57 Å². The molecule has 1 aliphatic carbocycles. The summed E-state index contributed by atoms with van der Waals surface area (Å²) in [4.78, 5) is 24.0. The molecule has 0 atom stereocenters. The maximum absolute atomic E-state index is 14.9. The number of hydrogen-bond acceptors (Lipinski definition) is 5. The number of sulfonamides is 1. The van der Waals surface area contributed by atoms with E-state index in [1.807, 2.05) is 0 Å². The zero-order valence-electron chi connectivity index (χ0n) is 16.2. The maximum atomic E-state index is 14.9. The first kappa shape index (κ1) is 21.2. The van der Waals surface area contributed by atoms with Crippen molar-refractivity contribution in [1.82, 2.24) is 9.29 Å². The Morgan fingerprint density at radius 2 is 1.87 bits per heavy atom. The fourth-order valence-electron chi connectivity index (χ4n) is 3.48. The van der Waals surface area contributed by atoms with Gasteiger partial charge in [0.15, 0.2) is 0 Å². The molecule has 0 aliphatic heterocycles. The van der Waals surface area contributed by atoms with Gasteiger partial charge in [0.25, 0.3) is 0 Å². The minimum absolute atomic E-state index is 0.0135. The van der Waals surface area contributed by atoms with Crippen LogP contribution in [0.25, 0.3) is 22.0 Å². The maximum Gasteiger partial charge on any atom is 0.341 e. The van der Waals surface area contributed by atoms with Crippen molar-refractivity contribution < 1.29 is 27.8 Å². The van der Waals surface area contributed by atoms with Gasteiger partial charge in [-0.1, -0.05) is 12.1 Å². The lowest BCUT2D eigenvalue weighted by atomic mass is 10.0. The number of rotatable bonds is 7. The SMILES string of the molecule is O=C(O)c1cn(C2CC2)c2cc(-c3ccc(S(=O)(=O)NCCO)cc3)c(F)cc2c1=O. The molecular formula is C21H19FN2O6S. The number of carboxylic acid groups (broad SMARTS) is 1. The number of carbonyl (C=O) groups is 1. The highest BCUT2D eigenvalue weighted by Crippen LogP contribution is 2.38. The van der Waals surface area contributed by atoms with Crippen molar-refractivity contribution in [3.05, 3.63) is 64.2 Å². The number of aromatic carboxylic acids is 1. The first-order chi connectivity index (χ1) is 14.7. The van der Waals surface area contributed by atoms with Crippen LogP contribution in [0.15, 0.2) is 52.3 Å². The molecule has 1 aliphatic rings. The molecule has 8 nitrogen and oxygen atoms in total. The number of pyridine rings is 1. The minimum atomic E-state index is -3.80. The molecule has 0 radical (unpaired) electrons. The molecule has 2 aromatic carbocycles. The van der Waals surface area contributed by atoms with Gasteiger partial charge in [-0.25, -0.2) is 22.3 Å². The third kappa shape index (κ3) is 3.97. The van der Waals surface area contributed by atoms with Gasteiger partial charge in [-0.15, -0.1) is 0 Å². The summed E-state index contributed by atoms with van der Waals surface area (Å²) in [7, 11) is -3.80. The molecule has 1 fully saturated rings. The van der Waals surface area contributed by atoms with Gasteiger partial charge in [-0.3, -0.25) is 4.79 Å². The Bertz CT molecular complexity index is 1350. The van der Waals surface area contributed by atoms with Crippen LogP contribution in [-0.2, 0) is 10.0 Å². The van der Waals surface area contributed by atoms with E-state index in [-0.39, 0.29) is 35.0 Å². The van der Waals surface area contributed by atoms with E-state index in [0.29, 0.717) is 11.1 Å². The Kier molecular flexibility index (Phi) is 5.38. The highest BCUT2D eigenvalue weighted by atomic mass is 32.2. The quantitative estimate of drug-likeness (QED) is 0.510. The van der Waals surface area contributed by atoms with E-state index >= 15 is 0 Å². The average molecular weight is 446 g/mol. The summed E-state index contributed by atoms with van der Waals surface area (Å²) in [5.41, 5.74) is -0.165. The number of halogens is 1. The molecule has 0 bridgehead atoms. The van der Waals surface area contributed by atoms with Crippen molar-refractivity contribution in [3.8, 4) is 11.1 Å². The van der Waals surface area contributed by atoms with Crippen LogP contribution >= 0.6 is 0 Å². The zero-order chi connectivity index (χ0) is 22.3. The van der Waals surface area contributed by atoms with Crippen LogP contribution in [0.4, 0.5) is 4.39 Å². The summed E-state index contributed by atoms with van der Waals surface area (Å²) in [6, 6.07) is 8.10. The lowest BCUT2D eigenvalue weighted by Crippen LogP contribution is -2.26. The third-order valence-corrected chi connectivity index (χ3v) is 6.65. The van der Waals surface area contributed by atoms with Gasteiger partial charge in [-0.2, -0.15) is 0 Å². The fraction of sp³-hybridized carbons (Fsp3) is 0.238. The summed E-state index contributed by atoms with van der Waals surface area (Å²) < 4.78 is 43.1. The predicted octanol–water partition coefficient (Wildman–Crippen LogP) is 2.11. The highest BCUT2D eigenvalue weighted by Gasteiger charge is 2.27. The molecular weight excluding hydrogens is 427 g/mol. The number of fused-ring (bicyclic) bond motifs is 1. The number of benzene rings is 2. The molecule has 162 valence electrons. The van der Waals surface area contributed by atoms with Gasteiger partial charge < -0.3 is 14.8 Å². The second kappa shape index (κ2) is 7.88. The molecule has 3 N–H and O–H groups in total. The van der Waals surface area contributed by atoms with Crippen molar-refractivity contribution in [2.45, 2.75) is 23.8 Å². The third-order valence-electron chi connectivity index (χ3n) is 5.17. The standard InChI is InChI=1S/C21H19FN2O6S/c22-18-9-16-19(24(13-3-4-13)11-17(20(16)26)21(27)28)10-15(18)12-1-5-14(6-2-12)31(29,30)23-7-8-25/h1-2,5-6,9-11,13,23,25H,3-4,7-8H2,(H,27,28). The van der Waals surface area contributed by atoms with Crippen LogP contribution in [0, 0.1) is 5.82 Å². The van der Waals surface area contributed by atoms with Crippen LogP contribution in [-0.4, -0.2) is 42.3 Å². The second-order valence-corrected chi connectivity index (χ2v) is 9.08. The van der Waals surface area contributed by atoms with E-state index in [1.165, 1.54) is 36.5 Å². The van der Waals surface area contributed by atoms with Crippen LogP contribution < -0.4 is 10.2 Å². The van der Waals surface area contributed by atoms with Crippen LogP contribution in [0.3, 0.4) is 0 Å². The molecule has 1 saturated carbocycles. The Hall–Kier alpha value is -3.08. The minimum Gasteiger partial charge on any atom is -0.477 e. The summed E-state index contributed by atoms with van der Waals surface area (Å²) in [6.07, 6.45) is 2.96. The average Bonchev–Trinajstić information content (AvgIpc) is 3.58. The monoisotopic (exact) mass is 446 g/mol. The molecule has 3 aromatic rings. The van der Waals surface area contributed by atoms with E-state index in [2.05, 4.69) is 4.72 Å². The summed E-state index contributed by atoms with van der Waals surface area (Å²) in [5.74, 6) is -2.08. The van der Waals surface area contributed by atoms with E-state index in [0.717, 1.165) is 18.9 Å². The van der Waals surface area contributed by atoms with Gasteiger partial charge in [-0.05, 0) is 42.7 Å². The largest absolute Gasteiger partial charge is 0.477 e. The number of hydrogen-bond donors (Lipinski definition) is 3. The highest BCUT2D eigenvalue weighted by molar-refractivity contribution is 7.89. The molecule has 10 heteroatoms. The van der Waals surface area contributed by atoms with Gasteiger partial charge in [0.05, 0.1) is 17.0 Å². The molecule has 0 saturated heterocycles. The number of aromatic nitrogens is 1. The number of aliphatic hydroxyl groups excluding tert-OH is 1. The van der Waals surface area contributed by atoms with Gasteiger partial charge in [0.2, 0.25) is 15.5 Å².